The number of para-hydroxylation sites is 2. The van der Waals surface area contributed by atoms with Crippen molar-refractivity contribution in [1.29, 1.82) is 0 Å². The number of nitrogens with zero attached hydrogens (tertiary/aromatic N) is 5. The van der Waals surface area contributed by atoms with Gasteiger partial charge in [0.2, 0.25) is 5.91 Å². The topological polar surface area (TPSA) is 63.5 Å². The Kier molecular flexibility index (Phi) is 5.69. The van der Waals surface area contributed by atoms with Crippen molar-refractivity contribution in [3.63, 3.8) is 0 Å². The predicted molar refractivity (Wildman–Crippen MR) is 130 cm³/mol. The van der Waals surface area contributed by atoms with Gasteiger partial charge in [0.25, 0.3) is 0 Å². The second-order valence-corrected chi connectivity index (χ2v) is 8.07. The number of amides is 1. The van der Waals surface area contributed by atoms with Crippen molar-refractivity contribution in [2.24, 2.45) is 0 Å². The Hall–Kier alpha value is -3.87. The number of piperazine rings is 1. The number of carbonyl (C=O) groups is 1. The molecule has 168 valence electrons. The lowest BCUT2D eigenvalue weighted by Crippen LogP contribution is -2.48. The number of aromatic nitrogens is 3. The molecule has 33 heavy (non-hydrogen) atoms. The fraction of sp³-hybridized carbons (Fsp3) is 0.269. The van der Waals surface area contributed by atoms with E-state index in [2.05, 4.69) is 27.8 Å². The molecule has 0 unspecified atom stereocenters. The van der Waals surface area contributed by atoms with Gasteiger partial charge in [0.15, 0.2) is 5.65 Å². The maximum absolute atomic E-state index is 12.1. The second kappa shape index (κ2) is 8.94. The molecular weight excluding hydrogens is 414 g/mol. The molecule has 1 aliphatic rings. The standard InChI is InChI=1S/C26H27N5O2/c1-3-23(32)29-13-15-30(16-14-29)25-24-20(19-9-5-4-6-10-19)17-31(26(24)28-18-27-25)21-11-7-8-12-22(21)33-2/h4-12,17-18H,3,13-16H2,1-2H3. The Bertz CT molecular complexity index is 1280. The van der Waals surface area contributed by atoms with Crippen LogP contribution in [0.3, 0.4) is 0 Å². The lowest BCUT2D eigenvalue weighted by atomic mass is 10.1. The summed E-state index contributed by atoms with van der Waals surface area (Å²) in [5, 5.41) is 1.00. The minimum atomic E-state index is 0.204. The normalized spacial score (nSPS) is 14.0. The zero-order valence-corrected chi connectivity index (χ0v) is 18.9. The van der Waals surface area contributed by atoms with E-state index in [0.29, 0.717) is 19.5 Å². The van der Waals surface area contributed by atoms with Crippen LogP contribution >= 0.6 is 0 Å². The summed E-state index contributed by atoms with van der Waals surface area (Å²) in [6.45, 7) is 4.80. The molecule has 5 rings (SSSR count). The Balaban J connectivity index is 1.66. The van der Waals surface area contributed by atoms with Crippen LogP contribution in [0.5, 0.6) is 5.75 Å². The smallest absolute Gasteiger partial charge is 0.222 e. The van der Waals surface area contributed by atoms with Gasteiger partial charge in [0, 0.05) is 44.4 Å². The highest BCUT2D eigenvalue weighted by molar-refractivity contribution is 6.02. The summed E-state index contributed by atoms with van der Waals surface area (Å²) in [5.74, 6) is 1.88. The first-order valence-corrected chi connectivity index (χ1v) is 11.3. The monoisotopic (exact) mass is 441 g/mol. The summed E-state index contributed by atoms with van der Waals surface area (Å²) in [7, 11) is 1.68. The van der Waals surface area contributed by atoms with Gasteiger partial charge in [-0.25, -0.2) is 9.97 Å². The van der Waals surface area contributed by atoms with Crippen molar-refractivity contribution < 1.29 is 9.53 Å². The van der Waals surface area contributed by atoms with E-state index in [1.54, 1.807) is 13.4 Å². The third kappa shape index (κ3) is 3.80. The third-order valence-corrected chi connectivity index (χ3v) is 6.23. The number of carbonyl (C=O) groups excluding carboxylic acids is 1. The molecule has 2 aromatic carbocycles. The van der Waals surface area contributed by atoms with Crippen molar-refractivity contribution in [2.75, 3.05) is 38.2 Å². The quantitative estimate of drug-likeness (QED) is 0.466. The molecule has 0 bridgehead atoms. The molecule has 1 saturated heterocycles. The summed E-state index contributed by atoms with van der Waals surface area (Å²) >= 11 is 0. The summed E-state index contributed by atoms with van der Waals surface area (Å²) in [6.07, 6.45) is 4.28. The lowest BCUT2D eigenvalue weighted by molar-refractivity contribution is -0.131. The van der Waals surface area contributed by atoms with E-state index in [9.17, 15) is 4.79 Å². The van der Waals surface area contributed by atoms with Crippen LogP contribution in [0.15, 0.2) is 67.1 Å². The van der Waals surface area contributed by atoms with Crippen LogP contribution in [0.4, 0.5) is 5.82 Å². The number of rotatable bonds is 5. The van der Waals surface area contributed by atoms with Gasteiger partial charge in [-0.1, -0.05) is 49.4 Å². The molecule has 0 aliphatic carbocycles. The molecule has 1 amide bonds. The molecule has 7 heteroatoms. The van der Waals surface area contributed by atoms with Crippen LogP contribution < -0.4 is 9.64 Å². The number of methoxy groups -OCH3 is 1. The highest BCUT2D eigenvalue weighted by Gasteiger charge is 2.25. The Morgan fingerprint density at radius 2 is 1.70 bits per heavy atom. The fourth-order valence-electron chi connectivity index (χ4n) is 4.53. The molecule has 3 heterocycles. The first-order valence-electron chi connectivity index (χ1n) is 11.3. The maximum atomic E-state index is 12.1. The predicted octanol–water partition coefficient (Wildman–Crippen LogP) is 4.15. The molecule has 0 spiro atoms. The van der Waals surface area contributed by atoms with Gasteiger partial charge in [-0.15, -0.1) is 0 Å². The number of hydrogen-bond acceptors (Lipinski definition) is 5. The fourth-order valence-corrected chi connectivity index (χ4v) is 4.53. The second-order valence-electron chi connectivity index (χ2n) is 8.07. The largest absolute Gasteiger partial charge is 0.495 e. The van der Waals surface area contributed by atoms with Gasteiger partial charge < -0.3 is 14.5 Å². The molecule has 1 fully saturated rings. The summed E-state index contributed by atoms with van der Waals surface area (Å²) in [6, 6.07) is 18.3. The number of benzene rings is 2. The van der Waals surface area contributed by atoms with Crippen LogP contribution in [0.2, 0.25) is 0 Å². The minimum absolute atomic E-state index is 0.204. The van der Waals surface area contributed by atoms with Crippen LogP contribution in [0.25, 0.3) is 27.8 Å². The summed E-state index contributed by atoms with van der Waals surface area (Å²) < 4.78 is 7.72. The minimum Gasteiger partial charge on any atom is -0.495 e. The molecule has 0 radical (unpaired) electrons. The van der Waals surface area contributed by atoms with Crippen molar-refractivity contribution in [3.05, 3.63) is 67.1 Å². The number of ether oxygens (including phenoxy) is 1. The van der Waals surface area contributed by atoms with Gasteiger partial charge in [0.05, 0.1) is 18.2 Å². The molecule has 0 N–H and O–H groups in total. The number of hydrogen-bond donors (Lipinski definition) is 0. The first kappa shape index (κ1) is 21.0. The highest BCUT2D eigenvalue weighted by Crippen LogP contribution is 2.38. The van der Waals surface area contributed by atoms with Crippen LogP contribution in [0, 0.1) is 0 Å². The van der Waals surface area contributed by atoms with Crippen molar-refractivity contribution in [1.82, 2.24) is 19.4 Å². The summed E-state index contributed by atoms with van der Waals surface area (Å²) in [4.78, 5) is 25.8. The average molecular weight is 442 g/mol. The SMILES string of the molecule is CCC(=O)N1CCN(c2ncnc3c2c(-c2ccccc2)cn3-c2ccccc2OC)CC1. The molecular formula is C26H27N5O2. The van der Waals surface area contributed by atoms with Gasteiger partial charge in [0.1, 0.15) is 17.9 Å². The third-order valence-electron chi connectivity index (χ3n) is 6.23. The lowest BCUT2D eigenvalue weighted by Gasteiger charge is -2.35. The van der Waals surface area contributed by atoms with Gasteiger partial charge in [-0.05, 0) is 17.7 Å². The molecule has 2 aromatic heterocycles. The molecule has 0 saturated carbocycles. The van der Waals surface area contributed by atoms with Gasteiger partial charge in [-0.2, -0.15) is 0 Å². The van der Waals surface area contributed by atoms with E-state index in [-0.39, 0.29) is 5.91 Å². The van der Waals surface area contributed by atoms with Crippen LogP contribution in [0.1, 0.15) is 13.3 Å². The highest BCUT2D eigenvalue weighted by atomic mass is 16.5. The Morgan fingerprint density at radius 3 is 2.42 bits per heavy atom. The Morgan fingerprint density at radius 1 is 0.970 bits per heavy atom. The zero-order chi connectivity index (χ0) is 22.8. The van der Waals surface area contributed by atoms with Gasteiger partial charge >= 0.3 is 0 Å². The Labute approximate surface area is 193 Å². The van der Waals surface area contributed by atoms with E-state index in [4.69, 9.17) is 14.7 Å². The average Bonchev–Trinajstić information content (AvgIpc) is 3.28. The molecule has 7 nitrogen and oxygen atoms in total. The van der Waals surface area contributed by atoms with Crippen molar-refractivity contribution in [2.45, 2.75) is 13.3 Å². The summed E-state index contributed by atoms with van der Waals surface area (Å²) in [5.41, 5.74) is 3.93. The van der Waals surface area contributed by atoms with E-state index < -0.39 is 0 Å². The first-order chi connectivity index (χ1) is 16.2. The zero-order valence-electron chi connectivity index (χ0n) is 18.9. The van der Waals surface area contributed by atoms with E-state index in [1.165, 1.54) is 0 Å². The van der Waals surface area contributed by atoms with E-state index in [0.717, 1.165) is 52.5 Å². The number of fused-ring (bicyclic) bond motifs is 1. The molecule has 1 aliphatic heterocycles. The van der Waals surface area contributed by atoms with E-state index >= 15 is 0 Å². The van der Waals surface area contributed by atoms with Gasteiger partial charge in [-0.3, -0.25) is 9.36 Å². The van der Waals surface area contributed by atoms with Crippen LogP contribution in [-0.2, 0) is 4.79 Å². The molecule has 4 aromatic rings. The van der Waals surface area contributed by atoms with E-state index in [1.807, 2.05) is 54.3 Å². The van der Waals surface area contributed by atoms with Crippen molar-refractivity contribution >= 4 is 22.8 Å². The van der Waals surface area contributed by atoms with Crippen LogP contribution in [-0.4, -0.2) is 58.6 Å². The molecule has 0 atom stereocenters. The number of anilines is 1. The van der Waals surface area contributed by atoms with Crippen molar-refractivity contribution in [3.8, 4) is 22.6 Å². The maximum Gasteiger partial charge on any atom is 0.222 e.